The standard InChI is InChI=1S/C13H19FN2O2/c1-2-15-7-11-3-5-16-13(12(11)14)18-9-10-4-6-17-8-10/h3,5,10,15H,2,4,6-9H2,1H3. The molecule has 0 spiro atoms. The highest BCUT2D eigenvalue weighted by Crippen LogP contribution is 2.19. The Morgan fingerprint density at radius 1 is 1.61 bits per heavy atom. The fourth-order valence-electron chi connectivity index (χ4n) is 1.87. The molecule has 1 saturated heterocycles. The molecule has 0 radical (unpaired) electrons. The third-order valence-corrected chi connectivity index (χ3v) is 2.98. The fourth-order valence-corrected chi connectivity index (χ4v) is 1.87. The van der Waals surface area contributed by atoms with Gasteiger partial charge in [0, 0.05) is 30.8 Å². The summed E-state index contributed by atoms with van der Waals surface area (Å²) in [5.74, 6) is 0.0818. The number of hydrogen-bond donors (Lipinski definition) is 1. The summed E-state index contributed by atoms with van der Waals surface area (Å²) < 4.78 is 24.7. The predicted octanol–water partition coefficient (Wildman–Crippen LogP) is 1.75. The normalized spacial score (nSPS) is 19.1. The van der Waals surface area contributed by atoms with Crippen LogP contribution in [0.3, 0.4) is 0 Å². The van der Waals surface area contributed by atoms with E-state index in [2.05, 4.69) is 10.3 Å². The van der Waals surface area contributed by atoms with Crippen LogP contribution in [0.15, 0.2) is 12.3 Å². The molecule has 5 heteroatoms. The molecule has 2 rings (SSSR count). The molecular formula is C13H19FN2O2. The van der Waals surface area contributed by atoms with Crippen LogP contribution in [0.5, 0.6) is 5.88 Å². The third-order valence-electron chi connectivity index (χ3n) is 2.98. The summed E-state index contributed by atoms with van der Waals surface area (Å²) in [4.78, 5) is 3.94. The molecule has 0 bridgehead atoms. The highest BCUT2D eigenvalue weighted by Gasteiger charge is 2.18. The smallest absolute Gasteiger partial charge is 0.250 e. The van der Waals surface area contributed by atoms with Crippen molar-refractivity contribution < 1.29 is 13.9 Å². The Hall–Kier alpha value is -1.20. The van der Waals surface area contributed by atoms with Crippen molar-refractivity contribution in [2.45, 2.75) is 19.9 Å². The lowest BCUT2D eigenvalue weighted by Gasteiger charge is -2.11. The van der Waals surface area contributed by atoms with E-state index in [4.69, 9.17) is 9.47 Å². The van der Waals surface area contributed by atoms with Crippen molar-refractivity contribution in [3.05, 3.63) is 23.6 Å². The third kappa shape index (κ3) is 3.40. The first kappa shape index (κ1) is 13.2. The van der Waals surface area contributed by atoms with Gasteiger partial charge in [0.25, 0.3) is 5.88 Å². The number of ether oxygens (including phenoxy) is 2. The molecule has 1 atom stereocenters. The van der Waals surface area contributed by atoms with E-state index in [1.807, 2.05) is 6.92 Å². The molecule has 1 unspecified atom stereocenters. The number of nitrogens with zero attached hydrogens (tertiary/aromatic N) is 1. The predicted molar refractivity (Wildman–Crippen MR) is 66.0 cm³/mol. The second kappa shape index (κ2) is 6.66. The van der Waals surface area contributed by atoms with Crippen molar-refractivity contribution in [1.29, 1.82) is 0 Å². The highest BCUT2D eigenvalue weighted by atomic mass is 19.1. The van der Waals surface area contributed by atoms with E-state index >= 15 is 0 Å². The first-order valence-electron chi connectivity index (χ1n) is 6.36. The maximum atomic E-state index is 14.0. The molecule has 1 aliphatic heterocycles. The van der Waals surface area contributed by atoms with E-state index in [1.54, 1.807) is 12.3 Å². The minimum absolute atomic E-state index is 0.0947. The van der Waals surface area contributed by atoms with Gasteiger partial charge in [-0.2, -0.15) is 0 Å². The largest absolute Gasteiger partial charge is 0.475 e. The van der Waals surface area contributed by atoms with E-state index in [0.717, 1.165) is 19.6 Å². The molecule has 1 aromatic rings. The molecule has 1 aliphatic rings. The molecule has 1 N–H and O–H groups in total. The van der Waals surface area contributed by atoms with Crippen LogP contribution in [0.25, 0.3) is 0 Å². The number of hydrogen-bond acceptors (Lipinski definition) is 4. The lowest BCUT2D eigenvalue weighted by atomic mass is 10.1. The number of halogens is 1. The Morgan fingerprint density at radius 2 is 2.50 bits per heavy atom. The molecular weight excluding hydrogens is 235 g/mol. The fraction of sp³-hybridized carbons (Fsp3) is 0.615. The summed E-state index contributed by atoms with van der Waals surface area (Å²) in [6.45, 7) is 5.21. The van der Waals surface area contributed by atoms with Crippen molar-refractivity contribution in [3.8, 4) is 5.88 Å². The van der Waals surface area contributed by atoms with Crippen LogP contribution in [0, 0.1) is 11.7 Å². The summed E-state index contributed by atoms with van der Waals surface area (Å²) >= 11 is 0. The van der Waals surface area contributed by atoms with E-state index in [1.165, 1.54) is 0 Å². The Kier molecular flexibility index (Phi) is 4.90. The number of pyridine rings is 1. The molecule has 2 heterocycles. The van der Waals surface area contributed by atoms with Gasteiger partial charge in [-0.3, -0.25) is 0 Å². The average Bonchev–Trinajstić information content (AvgIpc) is 2.89. The summed E-state index contributed by atoms with van der Waals surface area (Å²) in [7, 11) is 0. The van der Waals surface area contributed by atoms with Gasteiger partial charge >= 0.3 is 0 Å². The molecule has 0 saturated carbocycles. The van der Waals surface area contributed by atoms with Gasteiger partial charge in [-0.25, -0.2) is 9.37 Å². The minimum atomic E-state index is -0.364. The molecule has 18 heavy (non-hydrogen) atoms. The highest BCUT2D eigenvalue weighted by molar-refractivity contribution is 5.23. The minimum Gasteiger partial charge on any atom is -0.475 e. The summed E-state index contributed by atoms with van der Waals surface area (Å²) in [5.41, 5.74) is 0.588. The van der Waals surface area contributed by atoms with Crippen molar-refractivity contribution in [3.63, 3.8) is 0 Å². The monoisotopic (exact) mass is 254 g/mol. The topological polar surface area (TPSA) is 43.4 Å². The Labute approximate surface area is 107 Å². The van der Waals surface area contributed by atoms with Crippen LogP contribution in [0.1, 0.15) is 18.9 Å². The quantitative estimate of drug-likeness (QED) is 0.840. The first-order chi connectivity index (χ1) is 8.81. The molecule has 1 aromatic heterocycles. The molecule has 0 aromatic carbocycles. The van der Waals surface area contributed by atoms with Crippen LogP contribution in [0.4, 0.5) is 4.39 Å². The summed E-state index contributed by atoms with van der Waals surface area (Å²) in [5, 5.41) is 3.09. The lowest BCUT2D eigenvalue weighted by molar-refractivity contribution is 0.163. The number of nitrogens with one attached hydrogen (secondary N) is 1. The van der Waals surface area contributed by atoms with Crippen molar-refractivity contribution >= 4 is 0 Å². The Morgan fingerprint density at radius 3 is 3.22 bits per heavy atom. The van der Waals surface area contributed by atoms with Crippen LogP contribution in [0.2, 0.25) is 0 Å². The van der Waals surface area contributed by atoms with Crippen LogP contribution in [-0.4, -0.2) is 31.3 Å². The van der Waals surface area contributed by atoms with Crippen molar-refractivity contribution in [2.24, 2.45) is 5.92 Å². The van der Waals surface area contributed by atoms with Crippen molar-refractivity contribution in [2.75, 3.05) is 26.4 Å². The maximum Gasteiger partial charge on any atom is 0.250 e. The summed E-state index contributed by atoms with van der Waals surface area (Å²) in [6.07, 6.45) is 2.55. The summed E-state index contributed by atoms with van der Waals surface area (Å²) in [6, 6.07) is 1.67. The zero-order valence-corrected chi connectivity index (χ0v) is 10.6. The molecule has 0 amide bonds. The van der Waals surface area contributed by atoms with Crippen molar-refractivity contribution in [1.82, 2.24) is 10.3 Å². The lowest BCUT2D eigenvalue weighted by Crippen LogP contribution is -2.16. The van der Waals surface area contributed by atoms with Gasteiger partial charge in [0.1, 0.15) is 0 Å². The van der Waals surface area contributed by atoms with Gasteiger partial charge in [-0.1, -0.05) is 6.92 Å². The Bertz CT molecular complexity index is 381. The van der Waals surface area contributed by atoms with Gasteiger partial charge in [-0.05, 0) is 19.0 Å². The van der Waals surface area contributed by atoms with Crippen LogP contribution >= 0.6 is 0 Å². The van der Waals surface area contributed by atoms with Crippen LogP contribution < -0.4 is 10.1 Å². The zero-order valence-electron chi connectivity index (χ0n) is 10.6. The zero-order chi connectivity index (χ0) is 12.8. The Balaban J connectivity index is 1.94. The molecule has 0 aliphatic carbocycles. The SMILES string of the molecule is CCNCc1ccnc(OCC2CCOC2)c1F. The van der Waals surface area contributed by atoms with E-state index < -0.39 is 0 Å². The van der Waals surface area contributed by atoms with Crippen LogP contribution in [-0.2, 0) is 11.3 Å². The first-order valence-corrected chi connectivity index (χ1v) is 6.36. The molecule has 100 valence electrons. The second-order valence-electron chi connectivity index (χ2n) is 4.41. The molecule has 1 fully saturated rings. The number of aromatic nitrogens is 1. The maximum absolute atomic E-state index is 14.0. The average molecular weight is 254 g/mol. The van der Waals surface area contributed by atoms with E-state index in [0.29, 0.717) is 31.2 Å². The van der Waals surface area contributed by atoms with Gasteiger partial charge in [0.05, 0.1) is 13.2 Å². The van der Waals surface area contributed by atoms with Gasteiger partial charge < -0.3 is 14.8 Å². The van der Waals surface area contributed by atoms with Gasteiger partial charge in [0.2, 0.25) is 0 Å². The number of rotatable bonds is 6. The molecule has 4 nitrogen and oxygen atoms in total. The second-order valence-corrected chi connectivity index (χ2v) is 4.41. The van der Waals surface area contributed by atoms with E-state index in [9.17, 15) is 4.39 Å². The van der Waals surface area contributed by atoms with Gasteiger partial charge in [-0.15, -0.1) is 0 Å². The van der Waals surface area contributed by atoms with E-state index in [-0.39, 0.29) is 11.7 Å². The van der Waals surface area contributed by atoms with Gasteiger partial charge in [0.15, 0.2) is 5.82 Å².